The fraction of sp³-hybridized carbons (Fsp3) is 0.800. The molecule has 1 N–H and O–H groups in total. The van der Waals surface area contributed by atoms with E-state index in [-0.39, 0.29) is 24.4 Å². The van der Waals surface area contributed by atoms with E-state index < -0.39 is 10.8 Å². The second kappa shape index (κ2) is 5.98. The van der Waals surface area contributed by atoms with Gasteiger partial charge in [-0.1, -0.05) is 6.92 Å². The molecule has 2 unspecified atom stereocenters. The minimum atomic E-state index is -0.839. The van der Waals surface area contributed by atoms with Crippen molar-refractivity contribution in [2.75, 3.05) is 25.1 Å². The van der Waals surface area contributed by atoms with Crippen LogP contribution in [0.15, 0.2) is 0 Å². The molecule has 1 aliphatic rings. The Morgan fingerprint density at radius 3 is 2.75 bits per heavy atom. The second-order valence-corrected chi connectivity index (χ2v) is 5.47. The highest BCUT2D eigenvalue weighted by atomic mass is 32.2. The molecule has 6 heteroatoms. The first kappa shape index (κ1) is 13.2. The molecule has 0 radical (unpaired) electrons. The fourth-order valence-electron chi connectivity index (χ4n) is 1.70. The summed E-state index contributed by atoms with van der Waals surface area (Å²) in [5, 5.41) is 2.65. The maximum Gasteiger partial charge on any atom is 0.245 e. The van der Waals surface area contributed by atoms with Crippen LogP contribution in [0.25, 0.3) is 0 Å². The molecule has 1 heterocycles. The molecule has 0 saturated carbocycles. The lowest BCUT2D eigenvalue weighted by Gasteiger charge is -2.32. The van der Waals surface area contributed by atoms with Crippen LogP contribution in [0.5, 0.6) is 0 Å². The van der Waals surface area contributed by atoms with E-state index in [0.29, 0.717) is 25.1 Å². The Hall–Kier alpha value is -0.910. The summed E-state index contributed by atoms with van der Waals surface area (Å²) in [7, 11) is -0.839. The zero-order valence-electron chi connectivity index (χ0n) is 9.69. The smallest absolute Gasteiger partial charge is 0.245 e. The van der Waals surface area contributed by atoms with E-state index in [0.717, 1.165) is 0 Å². The molecule has 5 nitrogen and oxygen atoms in total. The maximum absolute atomic E-state index is 11.8. The summed E-state index contributed by atoms with van der Waals surface area (Å²) in [6, 6.07) is -0.381. The summed E-state index contributed by atoms with van der Waals surface area (Å²) in [5.74, 6) is 0.440. The maximum atomic E-state index is 11.8. The van der Waals surface area contributed by atoms with Gasteiger partial charge in [-0.25, -0.2) is 0 Å². The third-order valence-corrected chi connectivity index (χ3v) is 3.41. The molecule has 1 aliphatic heterocycles. The van der Waals surface area contributed by atoms with Gasteiger partial charge in [0.05, 0.1) is 6.54 Å². The molecule has 16 heavy (non-hydrogen) atoms. The first-order valence-electron chi connectivity index (χ1n) is 5.42. The van der Waals surface area contributed by atoms with Gasteiger partial charge >= 0.3 is 0 Å². The molecule has 0 bridgehead atoms. The van der Waals surface area contributed by atoms with E-state index >= 15 is 0 Å². The van der Waals surface area contributed by atoms with Crippen LogP contribution < -0.4 is 5.32 Å². The molecule has 0 spiro atoms. The summed E-state index contributed by atoms with van der Waals surface area (Å²) in [4.78, 5) is 24.7. The number of carbonyl (C=O) groups excluding carboxylic acids is 2. The summed E-state index contributed by atoms with van der Waals surface area (Å²) in [6.45, 7) is 2.52. The molecule has 1 saturated heterocycles. The zero-order chi connectivity index (χ0) is 12.1. The number of piperazine rings is 1. The van der Waals surface area contributed by atoms with Crippen LogP contribution in [0.4, 0.5) is 0 Å². The molecule has 2 atom stereocenters. The van der Waals surface area contributed by atoms with Crippen molar-refractivity contribution in [2.24, 2.45) is 0 Å². The van der Waals surface area contributed by atoms with Crippen LogP contribution in [0.1, 0.15) is 19.8 Å². The Kier molecular flexibility index (Phi) is 4.92. The number of amides is 2. The molecular weight excluding hydrogens is 228 g/mol. The van der Waals surface area contributed by atoms with E-state index in [1.807, 2.05) is 6.92 Å². The van der Waals surface area contributed by atoms with Crippen molar-refractivity contribution in [3.8, 4) is 0 Å². The van der Waals surface area contributed by atoms with Gasteiger partial charge in [0.1, 0.15) is 6.04 Å². The average Bonchev–Trinajstić information content (AvgIpc) is 2.22. The second-order valence-electron chi connectivity index (χ2n) is 3.92. The molecule has 92 valence electrons. The molecule has 0 aliphatic carbocycles. The van der Waals surface area contributed by atoms with Crippen LogP contribution in [-0.2, 0) is 20.4 Å². The Balaban J connectivity index is 2.47. The number of carbonyl (C=O) groups is 2. The molecular formula is C10H18N2O3S. The standard InChI is InChI=1S/C10H18N2O3S/c1-3-8-10(14)12(7-9(13)11-8)5-4-6-16(2)15/h8H,3-7H2,1-2H3,(H,11,13). The number of rotatable bonds is 5. The molecule has 0 aromatic carbocycles. The number of hydrogen-bond acceptors (Lipinski definition) is 3. The molecule has 0 aromatic rings. The minimum absolute atomic E-state index is 0.0241. The van der Waals surface area contributed by atoms with Crippen LogP contribution in [0, 0.1) is 0 Å². The quantitative estimate of drug-likeness (QED) is 0.710. The highest BCUT2D eigenvalue weighted by Gasteiger charge is 2.30. The lowest BCUT2D eigenvalue weighted by Crippen LogP contribution is -2.57. The van der Waals surface area contributed by atoms with Crippen molar-refractivity contribution >= 4 is 22.6 Å². The first-order valence-corrected chi connectivity index (χ1v) is 7.15. The summed E-state index contributed by atoms with van der Waals surface area (Å²) >= 11 is 0. The van der Waals surface area contributed by atoms with Gasteiger partial charge in [0.15, 0.2) is 0 Å². The van der Waals surface area contributed by atoms with Gasteiger partial charge in [-0.2, -0.15) is 0 Å². The van der Waals surface area contributed by atoms with Gasteiger partial charge in [-0.05, 0) is 12.8 Å². The third-order valence-electron chi connectivity index (χ3n) is 2.55. The Morgan fingerprint density at radius 2 is 2.19 bits per heavy atom. The van der Waals surface area contributed by atoms with E-state index in [1.54, 1.807) is 11.2 Å². The zero-order valence-corrected chi connectivity index (χ0v) is 10.5. The molecule has 2 amide bonds. The molecule has 0 aromatic heterocycles. The van der Waals surface area contributed by atoms with E-state index in [1.165, 1.54) is 0 Å². The monoisotopic (exact) mass is 246 g/mol. The van der Waals surface area contributed by atoms with E-state index in [2.05, 4.69) is 5.32 Å². The van der Waals surface area contributed by atoms with Gasteiger partial charge in [-0.3, -0.25) is 13.8 Å². The summed E-state index contributed by atoms with van der Waals surface area (Å²) in [5.41, 5.74) is 0. The SMILES string of the molecule is CCC1NC(=O)CN(CCCS(C)=O)C1=O. The van der Waals surface area contributed by atoms with Gasteiger partial charge < -0.3 is 10.2 Å². The van der Waals surface area contributed by atoms with Crippen LogP contribution >= 0.6 is 0 Å². The highest BCUT2D eigenvalue weighted by Crippen LogP contribution is 2.06. The Labute approximate surface area is 98.0 Å². The van der Waals surface area contributed by atoms with Crippen LogP contribution in [-0.4, -0.2) is 52.1 Å². The van der Waals surface area contributed by atoms with Gasteiger partial charge in [0.2, 0.25) is 11.8 Å². The largest absolute Gasteiger partial charge is 0.343 e. The number of hydrogen-bond donors (Lipinski definition) is 1. The van der Waals surface area contributed by atoms with Gasteiger partial charge in [-0.15, -0.1) is 0 Å². The fourth-order valence-corrected chi connectivity index (χ4v) is 2.23. The normalized spacial score (nSPS) is 23.1. The highest BCUT2D eigenvalue weighted by molar-refractivity contribution is 7.84. The van der Waals surface area contributed by atoms with Crippen molar-refractivity contribution in [1.29, 1.82) is 0 Å². The van der Waals surface area contributed by atoms with Gasteiger partial charge in [0, 0.05) is 29.4 Å². The predicted molar refractivity (Wildman–Crippen MR) is 62.4 cm³/mol. The van der Waals surface area contributed by atoms with E-state index in [4.69, 9.17) is 0 Å². The summed E-state index contributed by atoms with van der Waals surface area (Å²) < 4.78 is 10.9. The van der Waals surface area contributed by atoms with Crippen LogP contribution in [0.3, 0.4) is 0 Å². The summed E-state index contributed by atoms with van der Waals surface area (Å²) in [6.07, 6.45) is 2.93. The predicted octanol–water partition coefficient (Wildman–Crippen LogP) is -0.508. The number of nitrogens with one attached hydrogen (secondary N) is 1. The van der Waals surface area contributed by atoms with Crippen molar-refractivity contribution in [2.45, 2.75) is 25.8 Å². The van der Waals surface area contributed by atoms with E-state index in [9.17, 15) is 13.8 Å². The average molecular weight is 246 g/mol. The van der Waals surface area contributed by atoms with Crippen LogP contribution in [0.2, 0.25) is 0 Å². The minimum Gasteiger partial charge on any atom is -0.343 e. The van der Waals surface area contributed by atoms with Gasteiger partial charge in [0.25, 0.3) is 0 Å². The van der Waals surface area contributed by atoms with Crippen molar-refractivity contribution in [3.05, 3.63) is 0 Å². The van der Waals surface area contributed by atoms with Crippen molar-refractivity contribution < 1.29 is 13.8 Å². The molecule has 1 rings (SSSR count). The number of nitrogens with zero attached hydrogens (tertiary/aromatic N) is 1. The first-order chi connectivity index (χ1) is 7.54. The Bertz CT molecular complexity index is 306. The lowest BCUT2D eigenvalue weighted by molar-refractivity contribution is -0.144. The lowest BCUT2D eigenvalue weighted by atomic mass is 10.1. The third kappa shape index (κ3) is 3.59. The topological polar surface area (TPSA) is 66.5 Å². The van der Waals surface area contributed by atoms with Crippen molar-refractivity contribution in [3.63, 3.8) is 0 Å². The molecule has 1 fully saturated rings. The Morgan fingerprint density at radius 1 is 1.50 bits per heavy atom. The van der Waals surface area contributed by atoms with Crippen molar-refractivity contribution in [1.82, 2.24) is 10.2 Å².